The molecule has 2 saturated heterocycles. The second-order valence-electron chi connectivity index (χ2n) is 5.93. The number of cyclic esters (lactones) is 1. The van der Waals surface area contributed by atoms with Gasteiger partial charge in [-0.1, -0.05) is 5.16 Å². The van der Waals surface area contributed by atoms with E-state index in [1.807, 2.05) is 0 Å². The molecule has 0 aromatic carbocycles. The quantitative estimate of drug-likeness (QED) is 0.176. The molecule has 2 aliphatic rings. The number of anilines is 1. The normalized spacial score (nSPS) is 23.7. The molecule has 2 amide bonds. The molecule has 0 saturated carbocycles. The van der Waals surface area contributed by atoms with E-state index >= 15 is 0 Å². The summed E-state index contributed by atoms with van der Waals surface area (Å²) in [6, 6.07) is -1.26. The maximum Gasteiger partial charge on any atom is 1.00 e. The van der Waals surface area contributed by atoms with E-state index in [2.05, 4.69) is 15.5 Å². The molecular formula is C15H16N5NaO8S. The van der Waals surface area contributed by atoms with E-state index in [-0.39, 0.29) is 65.5 Å². The Morgan fingerprint density at radius 1 is 1.53 bits per heavy atom. The minimum absolute atomic E-state index is 0. The molecule has 30 heavy (non-hydrogen) atoms. The third-order valence-electron chi connectivity index (χ3n) is 4.04. The average molecular weight is 449 g/mol. The minimum atomic E-state index is -2.38. The molecule has 2 aliphatic heterocycles. The number of hydrogen-bond acceptors (Lipinski definition) is 12. The number of ether oxygens (including phenoxy) is 1. The molecule has 0 aliphatic carbocycles. The number of oxime groups is 1. The average Bonchev–Trinajstić information content (AvgIpc) is 3.36. The fraction of sp³-hybridized carbons (Fsp3) is 0.467. The molecule has 3 rings (SSSR count). The summed E-state index contributed by atoms with van der Waals surface area (Å²) >= 11 is 1.08. The number of aromatic nitrogens is 1. The molecule has 1 aromatic heterocycles. The van der Waals surface area contributed by atoms with Crippen molar-refractivity contribution in [2.24, 2.45) is 5.16 Å². The van der Waals surface area contributed by atoms with Gasteiger partial charge in [-0.3, -0.25) is 19.2 Å². The molecule has 13 nitrogen and oxygen atoms in total. The smallest absolute Gasteiger partial charge is 0.544 e. The number of nitrogen functional groups attached to an aromatic ring is 1. The van der Waals surface area contributed by atoms with Crippen molar-refractivity contribution in [3.8, 4) is 0 Å². The van der Waals surface area contributed by atoms with Crippen molar-refractivity contribution in [2.45, 2.75) is 31.5 Å². The van der Waals surface area contributed by atoms with E-state index in [1.165, 1.54) is 5.38 Å². The summed E-state index contributed by atoms with van der Waals surface area (Å²) < 4.78 is 4.79. The minimum Gasteiger partial charge on any atom is -0.544 e. The number of amides is 2. The largest absolute Gasteiger partial charge is 1.00 e. The zero-order valence-corrected chi connectivity index (χ0v) is 18.9. The third kappa shape index (κ3) is 4.57. The van der Waals surface area contributed by atoms with E-state index in [9.17, 15) is 24.3 Å². The van der Waals surface area contributed by atoms with E-state index in [1.54, 1.807) is 6.92 Å². The zero-order valence-electron chi connectivity index (χ0n) is 16.1. The molecule has 3 heterocycles. The van der Waals surface area contributed by atoms with Crippen molar-refractivity contribution in [1.29, 1.82) is 0 Å². The fourth-order valence-electron chi connectivity index (χ4n) is 2.70. The fourth-order valence-corrected chi connectivity index (χ4v) is 3.25. The van der Waals surface area contributed by atoms with Gasteiger partial charge in [0.1, 0.15) is 30.9 Å². The molecule has 0 bridgehead atoms. The summed E-state index contributed by atoms with van der Waals surface area (Å²) in [6.45, 7) is 1.44. The summed E-state index contributed by atoms with van der Waals surface area (Å²) in [5.41, 5.74) is 3.10. The van der Waals surface area contributed by atoms with Gasteiger partial charge < -0.3 is 30.5 Å². The van der Waals surface area contributed by atoms with Gasteiger partial charge in [-0.05, 0) is 6.92 Å². The first-order chi connectivity index (χ1) is 13.8. The molecule has 0 radical (unpaired) electrons. The number of aliphatic carboxylic acids is 1. The van der Waals surface area contributed by atoms with Gasteiger partial charge in [0.25, 0.3) is 17.5 Å². The summed E-state index contributed by atoms with van der Waals surface area (Å²) in [6.07, 6.45) is -0.565. The van der Waals surface area contributed by atoms with Crippen LogP contribution >= 0.6 is 11.3 Å². The Labute approximate surface area is 195 Å². The van der Waals surface area contributed by atoms with Crippen molar-refractivity contribution in [3.63, 3.8) is 0 Å². The van der Waals surface area contributed by atoms with E-state index < -0.39 is 42.1 Å². The molecule has 2 atom stereocenters. The Kier molecular flexibility index (Phi) is 7.76. The van der Waals surface area contributed by atoms with Gasteiger partial charge in [-0.15, -0.1) is 11.3 Å². The maximum atomic E-state index is 12.6. The summed E-state index contributed by atoms with van der Waals surface area (Å²) in [5, 5.41) is 19.7. The Hall–Kier alpha value is -2.26. The summed E-state index contributed by atoms with van der Waals surface area (Å²) in [7, 11) is 0. The number of carboxylic acid groups (broad SMARTS) is 1. The van der Waals surface area contributed by atoms with Gasteiger partial charge in [-0.25, -0.2) is 4.98 Å². The van der Waals surface area contributed by atoms with Crippen molar-refractivity contribution in [3.05, 3.63) is 11.1 Å². The van der Waals surface area contributed by atoms with E-state index in [4.69, 9.17) is 20.1 Å². The first kappa shape index (κ1) is 24.0. The van der Waals surface area contributed by atoms with Crippen molar-refractivity contribution in [2.75, 3.05) is 18.9 Å². The molecule has 156 valence electrons. The van der Waals surface area contributed by atoms with Crippen LogP contribution < -0.4 is 45.7 Å². The van der Waals surface area contributed by atoms with Gasteiger partial charge in [0.2, 0.25) is 0 Å². The standard InChI is InChI=1S/C15H17N5O8S.Na/c1-2-26-19-10(8-6-29-14(16)18-8)11(22)17-7-5-27-20(12(7)23)15(13(24)25)4-3-9(21)28-15;/h6-7H,2-5H2,1H3,(H2,16,18)(H,17,22)(H,24,25);/q;+1/p-1/t7-,15?;/m0./s1. The van der Waals surface area contributed by atoms with Gasteiger partial charge in [0, 0.05) is 11.8 Å². The SMILES string of the molecule is CCON=C(C(=O)N[C@H]1CON(C2(C(=O)[O-])CCC(=O)O2)C1=O)c1csc(N)n1.[Na+]. The monoisotopic (exact) mass is 449 g/mol. The Bertz CT molecular complexity index is 892. The number of thiazole rings is 1. The van der Waals surface area contributed by atoms with Crippen molar-refractivity contribution >= 4 is 45.9 Å². The van der Waals surface area contributed by atoms with Gasteiger partial charge in [0.15, 0.2) is 10.8 Å². The van der Waals surface area contributed by atoms with Crippen LogP contribution in [0.1, 0.15) is 25.5 Å². The topological polar surface area (TPSA) is 186 Å². The van der Waals surface area contributed by atoms with Crippen LogP contribution in [0.5, 0.6) is 0 Å². The molecular weight excluding hydrogens is 433 g/mol. The first-order valence-corrected chi connectivity index (χ1v) is 9.29. The van der Waals surface area contributed by atoms with Crippen LogP contribution in [0.15, 0.2) is 10.5 Å². The van der Waals surface area contributed by atoms with Gasteiger partial charge in [-0.2, -0.15) is 5.06 Å². The van der Waals surface area contributed by atoms with Crippen LogP contribution in [-0.2, 0) is 33.6 Å². The number of carboxylic acids is 1. The Morgan fingerprint density at radius 2 is 2.27 bits per heavy atom. The second kappa shape index (κ2) is 9.70. The Morgan fingerprint density at radius 3 is 2.80 bits per heavy atom. The Balaban J connectivity index is 0.00000320. The summed E-state index contributed by atoms with van der Waals surface area (Å²) in [5.74, 6) is -4.37. The number of nitrogens with zero attached hydrogens (tertiary/aromatic N) is 3. The number of nitrogens with two attached hydrogens (primary N) is 1. The van der Waals surface area contributed by atoms with E-state index in [0.29, 0.717) is 5.06 Å². The predicted molar refractivity (Wildman–Crippen MR) is 92.5 cm³/mol. The zero-order chi connectivity index (χ0) is 21.2. The number of rotatable bonds is 7. The second-order valence-corrected chi connectivity index (χ2v) is 6.82. The molecule has 1 unspecified atom stereocenters. The maximum absolute atomic E-state index is 12.6. The van der Waals surface area contributed by atoms with Crippen molar-refractivity contribution in [1.82, 2.24) is 15.4 Å². The number of carbonyl (C=O) groups is 4. The van der Waals surface area contributed by atoms with Crippen LogP contribution in [0.3, 0.4) is 0 Å². The number of hydrogen-bond donors (Lipinski definition) is 2. The van der Waals surface area contributed by atoms with E-state index in [0.717, 1.165) is 11.3 Å². The number of carbonyl (C=O) groups excluding carboxylic acids is 4. The van der Waals surface area contributed by atoms with Crippen LogP contribution in [-0.4, -0.2) is 64.5 Å². The third-order valence-corrected chi connectivity index (χ3v) is 4.71. The molecule has 2 fully saturated rings. The van der Waals surface area contributed by atoms with Crippen LogP contribution in [0.4, 0.5) is 5.13 Å². The van der Waals surface area contributed by atoms with Crippen LogP contribution in [0, 0.1) is 0 Å². The number of esters is 1. The van der Waals surface area contributed by atoms with Crippen LogP contribution in [0.25, 0.3) is 0 Å². The molecule has 0 spiro atoms. The van der Waals surface area contributed by atoms with Gasteiger partial charge in [0.05, 0.1) is 6.42 Å². The van der Waals surface area contributed by atoms with Crippen molar-refractivity contribution < 1.29 is 68.3 Å². The number of hydroxylamine groups is 2. The van der Waals surface area contributed by atoms with Gasteiger partial charge >= 0.3 is 35.5 Å². The summed E-state index contributed by atoms with van der Waals surface area (Å²) in [4.78, 5) is 62.2. The molecule has 15 heteroatoms. The first-order valence-electron chi connectivity index (χ1n) is 8.41. The molecule has 3 N–H and O–H groups in total. The molecule has 1 aromatic rings. The number of nitrogens with one attached hydrogen (secondary N) is 1. The predicted octanol–water partition coefficient (Wildman–Crippen LogP) is -5.49. The van der Waals surface area contributed by atoms with Crippen LogP contribution in [0.2, 0.25) is 0 Å².